The zero-order valence-electron chi connectivity index (χ0n) is 8.74. The van der Waals surface area contributed by atoms with Crippen molar-refractivity contribution < 1.29 is 37.7 Å². The number of aliphatic carboxylic acids is 2. The van der Waals surface area contributed by atoms with E-state index < -0.39 is 37.8 Å². The molecule has 100 valence electrons. The number of carboxylic acids is 2. The Balaban J connectivity index is 3.91. The maximum absolute atomic E-state index is 11.7. The molecule has 0 aliphatic heterocycles. The Morgan fingerprint density at radius 2 is 1.59 bits per heavy atom. The molecule has 0 saturated carbocycles. The van der Waals surface area contributed by atoms with E-state index in [9.17, 15) is 22.8 Å². The van der Waals surface area contributed by atoms with Gasteiger partial charge in [0.2, 0.25) is 0 Å². The number of carboxylic acid groups (broad SMARTS) is 2. The highest BCUT2D eigenvalue weighted by molar-refractivity contribution is 5.72. The molecule has 9 heteroatoms. The predicted molar refractivity (Wildman–Crippen MR) is 48.6 cm³/mol. The van der Waals surface area contributed by atoms with Gasteiger partial charge in [0.15, 0.2) is 0 Å². The Labute approximate surface area is 94.6 Å². The van der Waals surface area contributed by atoms with Crippen molar-refractivity contribution in [1.82, 2.24) is 4.90 Å². The number of hydrogen-bond acceptors (Lipinski definition) is 4. The molecule has 0 rings (SSSR count). The molecule has 0 bridgehead atoms. The normalized spacial score (nSPS) is 11.8. The van der Waals surface area contributed by atoms with Crippen molar-refractivity contribution in [3.05, 3.63) is 0 Å². The van der Waals surface area contributed by atoms with Crippen LogP contribution in [0.3, 0.4) is 0 Å². The maximum Gasteiger partial charge on any atom is 0.411 e. The summed E-state index contributed by atoms with van der Waals surface area (Å²) in [6.07, 6.45) is -4.45. The highest BCUT2D eigenvalue weighted by Crippen LogP contribution is 2.14. The van der Waals surface area contributed by atoms with Gasteiger partial charge in [-0.3, -0.25) is 14.5 Å². The van der Waals surface area contributed by atoms with Crippen molar-refractivity contribution in [2.75, 3.05) is 32.8 Å². The topological polar surface area (TPSA) is 87.1 Å². The maximum atomic E-state index is 11.7. The summed E-state index contributed by atoms with van der Waals surface area (Å²) in [7, 11) is 0. The van der Waals surface area contributed by atoms with Crippen molar-refractivity contribution in [1.29, 1.82) is 0 Å². The minimum atomic E-state index is -4.45. The quantitative estimate of drug-likeness (QED) is 0.598. The fourth-order valence-electron chi connectivity index (χ4n) is 0.978. The number of ether oxygens (including phenoxy) is 1. The number of rotatable bonds is 8. The van der Waals surface area contributed by atoms with Gasteiger partial charge in [-0.25, -0.2) is 0 Å². The molecular weight excluding hydrogens is 247 g/mol. The first-order valence-corrected chi connectivity index (χ1v) is 4.51. The minimum absolute atomic E-state index is 0.200. The molecule has 6 nitrogen and oxygen atoms in total. The molecule has 0 radical (unpaired) electrons. The first-order valence-electron chi connectivity index (χ1n) is 4.51. The van der Waals surface area contributed by atoms with Gasteiger partial charge in [-0.05, 0) is 0 Å². The molecule has 0 aliphatic carbocycles. The van der Waals surface area contributed by atoms with Crippen LogP contribution in [-0.4, -0.2) is 66.1 Å². The van der Waals surface area contributed by atoms with Gasteiger partial charge in [-0.15, -0.1) is 0 Å². The smallest absolute Gasteiger partial charge is 0.411 e. The van der Waals surface area contributed by atoms with Crippen molar-refractivity contribution >= 4 is 11.9 Å². The van der Waals surface area contributed by atoms with Crippen LogP contribution in [0.1, 0.15) is 0 Å². The van der Waals surface area contributed by atoms with Crippen LogP contribution in [0.4, 0.5) is 13.2 Å². The second-order valence-corrected chi connectivity index (χ2v) is 3.17. The van der Waals surface area contributed by atoms with Crippen molar-refractivity contribution in [3.63, 3.8) is 0 Å². The summed E-state index contributed by atoms with van der Waals surface area (Å²) >= 11 is 0. The van der Waals surface area contributed by atoms with Gasteiger partial charge < -0.3 is 14.9 Å². The van der Waals surface area contributed by atoms with Crippen LogP contribution in [-0.2, 0) is 14.3 Å². The van der Waals surface area contributed by atoms with Gasteiger partial charge in [0.25, 0.3) is 0 Å². The van der Waals surface area contributed by atoms with E-state index in [0.717, 1.165) is 4.90 Å². The van der Waals surface area contributed by atoms with E-state index in [1.165, 1.54) is 0 Å². The lowest BCUT2D eigenvalue weighted by molar-refractivity contribution is -0.175. The average Bonchev–Trinajstić information content (AvgIpc) is 2.08. The molecule has 0 aliphatic rings. The van der Waals surface area contributed by atoms with Crippen molar-refractivity contribution in [3.8, 4) is 0 Å². The van der Waals surface area contributed by atoms with Gasteiger partial charge >= 0.3 is 18.1 Å². The summed E-state index contributed by atoms with van der Waals surface area (Å²) in [5.74, 6) is -2.52. The third kappa shape index (κ3) is 10.9. The number of carbonyl (C=O) groups is 2. The zero-order chi connectivity index (χ0) is 13.5. The summed E-state index contributed by atoms with van der Waals surface area (Å²) in [4.78, 5) is 21.6. The summed E-state index contributed by atoms with van der Waals surface area (Å²) in [5.41, 5.74) is 0. The molecule has 0 saturated heterocycles. The van der Waals surface area contributed by atoms with E-state index in [1.807, 2.05) is 0 Å². The molecule has 0 aromatic rings. The fourth-order valence-corrected chi connectivity index (χ4v) is 0.978. The van der Waals surface area contributed by atoms with Gasteiger partial charge in [0, 0.05) is 6.54 Å². The number of nitrogens with zero attached hydrogens (tertiary/aromatic N) is 1. The molecule has 0 heterocycles. The Kier molecular flexibility index (Phi) is 6.51. The average molecular weight is 259 g/mol. The van der Waals surface area contributed by atoms with Crippen LogP contribution in [0.15, 0.2) is 0 Å². The molecule has 0 aromatic heterocycles. The van der Waals surface area contributed by atoms with Crippen LogP contribution >= 0.6 is 0 Å². The van der Waals surface area contributed by atoms with E-state index in [0.29, 0.717) is 0 Å². The largest absolute Gasteiger partial charge is 0.480 e. The zero-order valence-corrected chi connectivity index (χ0v) is 8.74. The number of hydrogen-bond donors (Lipinski definition) is 2. The predicted octanol–water partition coefficient (Wildman–Crippen LogP) is 0.0365. The van der Waals surface area contributed by atoms with Crippen molar-refractivity contribution in [2.24, 2.45) is 0 Å². The number of alkyl halides is 3. The van der Waals surface area contributed by atoms with Crippen LogP contribution in [0.25, 0.3) is 0 Å². The summed E-state index contributed by atoms with van der Waals surface area (Å²) < 4.78 is 39.3. The van der Waals surface area contributed by atoms with E-state index in [1.54, 1.807) is 0 Å². The van der Waals surface area contributed by atoms with E-state index in [-0.39, 0.29) is 13.2 Å². The number of halogens is 3. The molecular formula is C8H12F3NO5. The fraction of sp³-hybridized carbons (Fsp3) is 0.750. The van der Waals surface area contributed by atoms with E-state index >= 15 is 0 Å². The molecule has 0 spiro atoms. The Morgan fingerprint density at radius 1 is 1.12 bits per heavy atom. The molecule has 0 unspecified atom stereocenters. The summed E-state index contributed by atoms with van der Waals surface area (Å²) in [6.45, 7) is -3.17. The molecule has 0 aromatic carbocycles. The Morgan fingerprint density at radius 3 is 1.94 bits per heavy atom. The Hall–Kier alpha value is -1.35. The molecule has 0 atom stereocenters. The molecule has 0 amide bonds. The summed E-state index contributed by atoms with van der Waals surface area (Å²) in [6, 6.07) is 0. The van der Waals surface area contributed by atoms with Crippen LogP contribution in [0.5, 0.6) is 0 Å². The standard InChI is InChI=1S/C8H12F3NO5/c9-8(10,11)5-17-2-1-12(3-6(13)14)4-7(15)16/h1-5H2,(H,13,14)(H,15,16). The highest BCUT2D eigenvalue weighted by atomic mass is 19.4. The van der Waals surface area contributed by atoms with Gasteiger partial charge in [-0.2, -0.15) is 13.2 Å². The third-order valence-electron chi connectivity index (χ3n) is 1.54. The van der Waals surface area contributed by atoms with Crippen molar-refractivity contribution in [2.45, 2.75) is 6.18 Å². The Bertz CT molecular complexity index is 252. The lowest BCUT2D eigenvalue weighted by Gasteiger charge is -2.17. The minimum Gasteiger partial charge on any atom is -0.480 e. The van der Waals surface area contributed by atoms with Gasteiger partial charge in [0.1, 0.15) is 6.61 Å². The monoisotopic (exact) mass is 259 g/mol. The molecule has 17 heavy (non-hydrogen) atoms. The first-order chi connectivity index (χ1) is 7.70. The SMILES string of the molecule is O=C(O)CN(CCOCC(F)(F)F)CC(=O)O. The second-order valence-electron chi connectivity index (χ2n) is 3.17. The van der Waals surface area contributed by atoms with Crippen LogP contribution in [0.2, 0.25) is 0 Å². The second kappa shape index (κ2) is 7.07. The first kappa shape index (κ1) is 15.7. The summed E-state index contributed by atoms with van der Waals surface area (Å²) in [5, 5.41) is 16.9. The van der Waals surface area contributed by atoms with E-state index in [2.05, 4.69) is 4.74 Å². The highest BCUT2D eigenvalue weighted by Gasteiger charge is 2.27. The van der Waals surface area contributed by atoms with E-state index in [4.69, 9.17) is 10.2 Å². The van der Waals surface area contributed by atoms with Crippen LogP contribution < -0.4 is 0 Å². The third-order valence-corrected chi connectivity index (χ3v) is 1.54. The lowest BCUT2D eigenvalue weighted by atomic mass is 10.4. The van der Waals surface area contributed by atoms with Crippen LogP contribution in [0, 0.1) is 0 Å². The molecule has 0 fully saturated rings. The van der Waals surface area contributed by atoms with Gasteiger partial charge in [0.05, 0.1) is 19.7 Å². The molecule has 2 N–H and O–H groups in total. The lowest BCUT2D eigenvalue weighted by Crippen LogP contribution is -2.37. The van der Waals surface area contributed by atoms with Gasteiger partial charge in [-0.1, -0.05) is 0 Å².